The SMILES string of the molecule is C=C(C(=O)O)c1ccccc1.C=CC(=O)O. The van der Waals surface area contributed by atoms with Crippen molar-refractivity contribution in [3.8, 4) is 0 Å². The molecule has 84 valence electrons. The second kappa shape index (κ2) is 7.00. The molecule has 0 fully saturated rings. The van der Waals surface area contributed by atoms with Crippen LogP contribution in [0.4, 0.5) is 0 Å². The number of carboxylic acid groups (broad SMARTS) is 2. The van der Waals surface area contributed by atoms with E-state index >= 15 is 0 Å². The summed E-state index contributed by atoms with van der Waals surface area (Å²) in [4.78, 5) is 19.7. The number of carbonyl (C=O) groups is 2. The van der Waals surface area contributed by atoms with Crippen LogP contribution in [0.2, 0.25) is 0 Å². The van der Waals surface area contributed by atoms with Crippen LogP contribution < -0.4 is 0 Å². The van der Waals surface area contributed by atoms with Gasteiger partial charge in [-0.1, -0.05) is 43.5 Å². The maximum Gasteiger partial charge on any atom is 0.335 e. The van der Waals surface area contributed by atoms with Gasteiger partial charge < -0.3 is 10.2 Å². The van der Waals surface area contributed by atoms with Crippen molar-refractivity contribution < 1.29 is 19.8 Å². The number of hydrogen-bond acceptors (Lipinski definition) is 2. The van der Waals surface area contributed by atoms with Gasteiger partial charge in [0.05, 0.1) is 5.57 Å². The van der Waals surface area contributed by atoms with Crippen LogP contribution in [0.15, 0.2) is 49.6 Å². The first-order chi connectivity index (χ1) is 7.49. The van der Waals surface area contributed by atoms with Crippen molar-refractivity contribution in [3.63, 3.8) is 0 Å². The Labute approximate surface area is 93.2 Å². The minimum atomic E-state index is -0.981. The second-order valence-corrected chi connectivity index (χ2v) is 2.69. The zero-order valence-corrected chi connectivity index (χ0v) is 8.59. The predicted molar refractivity (Wildman–Crippen MR) is 60.9 cm³/mol. The molecule has 0 amide bonds. The van der Waals surface area contributed by atoms with Gasteiger partial charge in [-0.3, -0.25) is 0 Å². The zero-order chi connectivity index (χ0) is 12.6. The number of benzene rings is 1. The van der Waals surface area contributed by atoms with Crippen molar-refractivity contribution in [2.45, 2.75) is 0 Å². The fourth-order valence-corrected chi connectivity index (χ4v) is 0.763. The van der Waals surface area contributed by atoms with Crippen molar-refractivity contribution in [1.82, 2.24) is 0 Å². The Morgan fingerprint density at radius 1 is 1.12 bits per heavy atom. The van der Waals surface area contributed by atoms with Crippen LogP contribution in [-0.4, -0.2) is 22.2 Å². The van der Waals surface area contributed by atoms with Gasteiger partial charge in [0.15, 0.2) is 0 Å². The van der Waals surface area contributed by atoms with Crippen LogP contribution in [0.25, 0.3) is 5.57 Å². The van der Waals surface area contributed by atoms with E-state index in [1.807, 2.05) is 6.07 Å². The molecule has 4 heteroatoms. The molecule has 1 aromatic carbocycles. The highest BCUT2D eigenvalue weighted by Crippen LogP contribution is 2.10. The molecule has 0 radical (unpaired) electrons. The summed E-state index contributed by atoms with van der Waals surface area (Å²) in [6.45, 7) is 6.39. The molecule has 16 heavy (non-hydrogen) atoms. The van der Waals surface area contributed by atoms with Crippen LogP contribution in [0.5, 0.6) is 0 Å². The van der Waals surface area contributed by atoms with Gasteiger partial charge in [-0.15, -0.1) is 0 Å². The molecule has 0 aromatic heterocycles. The summed E-state index contributed by atoms with van der Waals surface area (Å²) in [7, 11) is 0. The maximum atomic E-state index is 10.4. The van der Waals surface area contributed by atoms with E-state index in [2.05, 4.69) is 13.2 Å². The fourth-order valence-electron chi connectivity index (χ4n) is 0.763. The van der Waals surface area contributed by atoms with E-state index in [0.29, 0.717) is 5.56 Å². The van der Waals surface area contributed by atoms with Crippen molar-refractivity contribution in [2.24, 2.45) is 0 Å². The topological polar surface area (TPSA) is 74.6 Å². The lowest BCUT2D eigenvalue weighted by atomic mass is 10.1. The van der Waals surface area contributed by atoms with Gasteiger partial charge in [-0.25, -0.2) is 9.59 Å². The molecule has 0 bridgehead atoms. The number of aliphatic carboxylic acids is 2. The molecule has 4 nitrogen and oxygen atoms in total. The van der Waals surface area contributed by atoms with Gasteiger partial charge in [-0.2, -0.15) is 0 Å². The van der Waals surface area contributed by atoms with E-state index in [4.69, 9.17) is 10.2 Å². The summed E-state index contributed by atoms with van der Waals surface area (Å²) in [5, 5.41) is 16.1. The van der Waals surface area contributed by atoms with E-state index < -0.39 is 11.9 Å². The van der Waals surface area contributed by atoms with Crippen LogP contribution in [0, 0.1) is 0 Å². The Bertz CT molecular complexity index is 393. The van der Waals surface area contributed by atoms with Gasteiger partial charge in [0.2, 0.25) is 0 Å². The van der Waals surface area contributed by atoms with Gasteiger partial charge in [-0.05, 0) is 5.56 Å². The summed E-state index contributed by atoms with van der Waals surface area (Å²) in [5.41, 5.74) is 0.783. The molecule has 1 rings (SSSR count). The van der Waals surface area contributed by atoms with Crippen LogP contribution >= 0.6 is 0 Å². The normalized spacial score (nSPS) is 8.25. The first kappa shape index (κ1) is 13.6. The number of hydrogen-bond donors (Lipinski definition) is 2. The molecule has 0 saturated heterocycles. The molecule has 2 N–H and O–H groups in total. The molecule has 0 spiro atoms. The van der Waals surface area contributed by atoms with E-state index in [0.717, 1.165) is 6.08 Å². The molecule has 0 saturated carbocycles. The molecule has 1 aromatic rings. The quantitative estimate of drug-likeness (QED) is 0.764. The Hall–Kier alpha value is -2.36. The van der Waals surface area contributed by atoms with Crippen LogP contribution in [0.1, 0.15) is 5.56 Å². The third kappa shape index (κ3) is 5.39. The van der Waals surface area contributed by atoms with E-state index in [9.17, 15) is 9.59 Å². The number of rotatable bonds is 3. The molecule has 0 aliphatic heterocycles. The third-order valence-electron chi connectivity index (χ3n) is 1.56. The summed E-state index contributed by atoms with van der Waals surface area (Å²) in [6.07, 6.45) is 0.833. The Kier molecular flexibility index (Phi) is 5.97. The molecule has 0 atom stereocenters. The van der Waals surface area contributed by atoms with Crippen molar-refractivity contribution >= 4 is 17.5 Å². The van der Waals surface area contributed by atoms with E-state index in [1.165, 1.54) is 0 Å². The smallest absolute Gasteiger partial charge is 0.335 e. The number of carboxylic acids is 2. The monoisotopic (exact) mass is 220 g/mol. The highest BCUT2D eigenvalue weighted by atomic mass is 16.4. The van der Waals surface area contributed by atoms with Gasteiger partial charge in [0, 0.05) is 6.08 Å². The predicted octanol–water partition coefficient (Wildman–Crippen LogP) is 2.04. The van der Waals surface area contributed by atoms with Gasteiger partial charge >= 0.3 is 11.9 Å². The molecule has 0 aliphatic carbocycles. The largest absolute Gasteiger partial charge is 0.478 e. The summed E-state index contributed by atoms with van der Waals surface area (Å²) in [6, 6.07) is 8.83. The third-order valence-corrected chi connectivity index (χ3v) is 1.56. The molecule has 0 aliphatic rings. The summed E-state index contributed by atoms with van der Waals surface area (Å²) in [5.74, 6) is -1.96. The lowest BCUT2D eigenvalue weighted by molar-refractivity contribution is -0.132. The minimum absolute atomic E-state index is 0.130. The highest BCUT2D eigenvalue weighted by Gasteiger charge is 2.04. The lowest BCUT2D eigenvalue weighted by Gasteiger charge is -1.97. The lowest BCUT2D eigenvalue weighted by Crippen LogP contribution is -1.96. The first-order valence-corrected chi connectivity index (χ1v) is 4.32. The van der Waals surface area contributed by atoms with E-state index in [-0.39, 0.29) is 5.57 Å². The zero-order valence-electron chi connectivity index (χ0n) is 8.59. The molecular formula is C12H12O4. The fraction of sp³-hybridized carbons (Fsp3) is 0. The summed E-state index contributed by atoms with van der Waals surface area (Å²) >= 11 is 0. The Balaban J connectivity index is 0.000000385. The molecule has 0 heterocycles. The van der Waals surface area contributed by atoms with Crippen LogP contribution in [0.3, 0.4) is 0 Å². The highest BCUT2D eigenvalue weighted by molar-refractivity contribution is 6.14. The average molecular weight is 220 g/mol. The van der Waals surface area contributed by atoms with Crippen molar-refractivity contribution in [2.75, 3.05) is 0 Å². The Morgan fingerprint density at radius 2 is 1.56 bits per heavy atom. The first-order valence-electron chi connectivity index (χ1n) is 4.32. The van der Waals surface area contributed by atoms with Gasteiger partial charge in [0.25, 0.3) is 0 Å². The van der Waals surface area contributed by atoms with Crippen molar-refractivity contribution in [1.29, 1.82) is 0 Å². The van der Waals surface area contributed by atoms with Crippen LogP contribution in [-0.2, 0) is 9.59 Å². The standard InChI is InChI=1S/C9H8O2.C3H4O2/c1-7(9(10)11)8-5-3-2-4-6-8;1-2-3(4)5/h2-6H,1H2,(H,10,11);2H,1H2,(H,4,5). The Morgan fingerprint density at radius 3 is 1.88 bits per heavy atom. The maximum absolute atomic E-state index is 10.4. The molecule has 0 unspecified atom stereocenters. The van der Waals surface area contributed by atoms with Crippen molar-refractivity contribution in [3.05, 3.63) is 55.1 Å². The second-order valence-electron chi connectivity index (χ2n) is 2.69. The average Bonchev–Trinajstić information content (AvgIpc) is 2.29. The molecular weight excluding hydrogens is 208 g/mol. The minimum Gasteiger partial charge on any atom is -0.478 e. The van der Waals surface area contributed by atoms with Gasteiger partial charge in [0.1, 0.15) is 0 Å². The summed E-state index contributed by atoms with van der Waals surface area (Å²) < 4.78 is 0. The van der Waals surface area contributed by atoms with E-state index in [1.54, 1.807) is 24.3 Å².